The van der Waals surface area contributed by atoms with Crippen LogP contribution in [0.2, 0.25) is 0 Å². The Kier molecular flexibility index (Phi) is 3.61. The Bertz CT molecular complexity index is 776. The highest BCUT2D eigenvalue weighted by Crippen LogP contribution is 2.29. The average Bonchev–Trinajstić information content (AvgIpc) is 2.87. The van der Waals surface area contributed by atoms with E-state index in [2.05, 4.69) is 25.8 Å². The van der Waals surface area contributed by atoms with E-state index in [1.807, 2.05) is 0 Å². The predicted molar refractivity (Wildman–Crippen MR) is 70.2 cm³/mol. The highest BCUT2D eigenvalue weighted by molar-refractivity contribution is 9.10. The van der Waals surface area contributed by atoms with Crippen LogP contribution in [0.25, 0.3) is 0 Å². The van der Waals surface area contributed by atoms with Crippen LogP contribution in [0.3, 0.4) is 0 Å². The second-order valence-corrected chi connectivity index (χ2v) is 6.25. The molecule has 2 N–H and O–H groups in total. The van der Waals surface area contributed by atoms with Crippen molar-refractivity contribution in [3.05, 3.63) is 27.8 Å². The molecule has 0 aliphatic carbocycles. The van der Waals surface area contributed by atoms with E-state index in [9.17, 15) is 13.2 Å². The van der Waals surface area contributed by atoms with E-state index in [0.717, 1.165) is 6.07 Å². The van der Waals surface area contributed by atoms with Crippen LogP contribution in [0, 0.1) is 13.8 Å². The molecule has 0 atom stereocenters. The Hall–Kier alpha value is -1.81. The smallest absolute Gasteiger partial charge is 0.371 e. The number of sulfonamides is 1. The molecular formula is C10H9BrN2O6S. The lowest BCUT2D eigenvalue weighted by Crippen LogP contribution is -2.13. The molecule has 0 radical (unpaired) electrons. The summed E-state index contributed by atoms with van der Waals surface area (Å²) in [7, 11) is -4.05. The summed E-state index contributed by atoms with van der Waals surface area (Å²) in [5, 5.41) is 12.4. The van der Waals surface area contributed by atoms with Crippen molar-refractivity contribution in [2.24, 2.45) is 0 Å². The van der Waals surface area contributed by atoms with Crippen LogP contribution in [-0.4, -0.2) is 24.7 Å². The maximum atomic E-state index is 12.1. The molecule has 108 valence electrons. The van der Waals surface area contributed by atoms with Gasteiger partial charge in [0.25, 0.3) is 10.0 Å². The SMILES string of the molecule is Cc1noc(NS(=O)(=O)c2cc(C(=O)O)oc2Br)c1C. The first-order valence-corrected chi connectivity index (χ1v) is 7.48. The summed E-state index contributed by atoms with van der Waals surface area (Å²) < 4.78 is 35.9. The van der Waals surface area contributed by atoms with Gasteiger partial charge in [-0.15, -0.1) is 0 Å². The zero-order chi connectivity index (χ0) is 15.1. The highest BCUT2D eigenvalue weighted by Gasteiger charge is 2.26. The molecule has 2 heterocycles. The quantitative estimate of drug-likeness (QED) is 0.851. The minimum absolute atomic E-state index is 0.0347. The molecule has 0 unspecified atom stereocenters. The summed E-state index contributed by atoms with van der Waals surface area (Å²) >= 11 is 2.86. The molecule has 0 aliphatic rings. The van der Waals surface area contributed by atoms with Gasteiger partial charge < -0.3 is 14.0 Å². The molecule has 0 fully saturated rings. The fraction of sp³-hybridized carbons (Fsp3) is 0.200. The monoisotopic (exact) mass is 364 g/mol. The van der Waals surface area contributed by atoms with Crippen molar-refractivity contribution in [2.75, 3.05) is 4.72 Å². The summed E-state index contributed by atoms with van der Waals surface area (Å²) in [4.78, 5) is 10.4. The second-order valence-electron chi connectivity index (χ2n) is 3.88. The number of halogens is 1. The Morgan fingerprint density at radius 2 is 2.10 bits per heavy atom. The van der Waals surface area contributed by atoms with Gasteiger partial charge in [-0.25, -0.2) is 17.9 Å². The van der Waals surface area contributed by atoms with Crippen LogP contribution in [0.15, 0.2) is 24.6 Å². The van der Waals surface area contributed by atoms with Crippen molar-refractivity contribution in [3.8, 4) is 0 Å². The van der Waals surface area contributed by atoms with Gasteiger partial charge in [-0.05, 0) is 29.8 Å². The lowest BCUT2D eigenvalue weighted by atomic mass is 10.3. The van der Waals surface area contributed by atoms with Gasteiger partial charge in [0.1, 0.15) is 4.90 Å². The number of anilines is 1. The predicted octanol–water partition coefficient (Wildman–Crippen LogP) is 2.15. The lowest BCUT2D eigenvalue weighted by Gasteiger charge is -2.03. The summed E-state index contributed by atoms with van der Waals surface area (Å²) in [5.74, 6) is -1.91. The third kappa shape index (κ3) is 2.56. The van der Waals surface area contributed by atoms with Crippen LogP contribution in [0.5, 0.6) is 0 Å². The van der Waals surface area contributed by atoms with E-state index < -0.39 is 21.8 Å². The topological polar surface area (TPSA) is 123 Å². The molecule has 0 aromatic carbocycles. The van der Waals surface area contributed by atoms with Gasteiger partial charge in [-0.1, -0.05) is 5.16 Å². The average molecular weight is 365 g/mol. The molecule has 0 bridgehead atoms. The second kappa shape index (κ2) is 4.94. The first kappa shape index (κ1) is 14.6. The molecular weight excluding hydrogens is 356 g/mol. The van der Waals surface area contributed by atoms with Gasteiger partial charge in [-0.2, -0.15) is 0 Å². The maximum Gasteiger partial charge on any atom is 0.371 e. The van der Waals surface area contributed by atoms with Crippen LogP contribution >= 0.6 is 15.9 Å². The Morgan fingerprint density at radius 1 is 1.45 bits per heavy atom. The number of furan rings is 1. The molecule has 0 saturated heterocycles. The fourth-order valence-corrected chi connectivity index (χ4v) is 3.32. The van der Waals surface area contributed by atoms with Crippen molar-refractivity contribution in [1.29, 1.82) is 0 Å². The largest absolute Gasteiger partial charge is 0.475 e. The molecule has 2 aromatic rings. The molecule has 0 spiro atoms. The minimum Gasteiger partial charge on any atom is -0.475 e. The van der Waals surface area contributed by atoms with Crippen LogP contribution in [-0.2, 0) is 10.0 Å². The number of aromatic carboxylic acids is 1. The molecule has 0 amide bonds. The first-order valence-electron chi connectivity index (χ1n) is 5.20. The van der Waals surface area contributed by atoms with E-state index in [-0.39, 0.29) is 15.4 Å². The van der Waals surface area contributed by atoms with Gasteiger partial charge in [0.05, 0.1) is 5.69 Å². The highest BCUT2D eigenvalue weighted by atomic mass is 79.9. The van der Waals surface area contributed by atoms with E-state index in [0.29, 0.717) is 11.3 Å². The lowest BCUT2D eigenvalue weighted by molar-refractivity contribution is 0.0661. The van der Waals surface area contributed by atoms with Crippen LogP contribution < -0.4 is 4.72 Å². The van der Waals surface area contributed by atoms with Crippen molar-refractivity contribution in [3.63, 3.8) is 0 Å². The minimum atomic E-state index is -4.05. The Labute approximate surface area is 121 Å². The molecule has 8 nitrogen and oxygen atoms in total. The Balaban J connectivity index is 2.41. The third-order valence-corrected chi connectivity index (χ3v) is 4.73. The molecule has 0 saturated carbocycles. The number of carboxylic acids is 1. The zero-order valence-corrected chi connectivity index (χ0v) is 12.7. The van der Waals surface area contributed by atoms with Crippen molar-refractivity contribution in [2.45, 2.75) is 18.7 Å². The number of hydrogen-bond donors (Lipinski definition) is 2. The number of carbonyl (C=O) groups is 1. The number of aryl methyl sites for hydroxylation is 1. The van der Waals surface area contributed by atoms with Crippen molar-refractivity contribution < 1.29 is 27.3 Å². The first-order chi connectivity index (χ1) is 9.22. The molecule has 20 heavy (non-hydrogen) atoms. The van der Waals surface area contributed by atoms with Gasteiger partial charge in [0, 0.05) is 11.6 Å². The van der Waals surface area contributed by atoms with Crippen molar-refractivity contribution in [1.82, 2.24) is 5.16 Å². The van der Waals surface area contributed by atoms with E-state index in [4.69, 9.17) is 14.0 Å². The van der Waals surface area contributed by atoms with E-state index >= 15 is 0 Å². The third-order valence-electron chi connectivity index (χ3n) is 2.54. The van der Waals surface area contributed by atoms with Crippen LogP contribution in [0.4, 0.5) is 5.88 Å². The van der Waals surface area contributed by atoms with Gasteiger partial charge in [-0.3, -0.25) is 0 Å². The number of nitrogens with one attached hydrogen (secondary N) is 1. The van der Waals surface area contributed by atoms with Gasteiger partial charge in [0.15, 0.2) is 4.67 Å². The Morgan fingerprint density at radius 3 is 2.55 bits per heavy atom. The standard InChI is InChI=1S/C10H9BrN2O6S/c1-4-5(2)12-19-9(4)13-20(16,17)7-3-6(10(14)15)18-8(7)11/h3,13H,1-2H3,(H,14,15). The molecule has 2 rings (SSSR count). The normalized spacial score (nSPS) is 11.6. The summed E-state index contributed by atoms with van der Waals surface area (Å²) in [5.41, 5.74) is 1.08. The van der Waals surface area contributed by atoms with E-state index in [1.54, 1.807) is 13.8 Å². The van der Waals surface area contributed by atoms with Gasteiger partial charge >= 0.3 is 5.97 Å². The molecule has 0 aliphatic heterocycles. The number of aromatic nitrogens is 1. The molecule has 2 aromatic heterocycles. The summed E-state index contributed by atoms with van der Waals surface area (Å²) in [6.45, 7) is 3.30. The van der Waals surface area contributed by atoms with Crippen LogP contribution in [0.1, 0.15) is 21.8 Å². The van der Waals surface area contributed by atoms with E-state index in [1.165, 1.54) is 0 Å². The number of nitrogens with zero attached hydrogens (tertiary/aromatic N) is 1. The fourth-order valence-electron chi connectivity index (χ4n) is 1.33. The summed E-state index contributed by atoms with van der Waals surface area (Å²) in [6.07, 6.45) is 0. The zero-order valence-electron chi connectivity index (χ0n) is 10.3. The molecule has 10 heteroatoms. The maximum absolute atomic E-state index is 12.1. The number of rotatable bonds is 4. The number of hydrogen-bond acceptors (Lipinski definition) is 6. The number of carboxylic acid groups (broad SMARTS) is 1. The van der Waals surface area contributed by atoms with Crippen molar-refractivity contribution >= 4 is 37.8 Å². The van der Waals surface area contributed by atoms with Gasteiger partial charge in [0.2, 0.25) is 11.6 Å². The summed E-state index contributed by atoms with van der Waals surface area (Å²) in [6, 6.07) is 0.896.